The van der Waals surface area contributed by atoms with Crippen molar-refractivity contribution in [2.24, 2.45) is 21.1 Å². The third-order valence-electron chi connectivity index (χ3n) is 5.40. The number of carbonyl (C=O) groups is 1. The summed E-state index contributed by atoms with van der Waals surface area (Å²) >= 11 is 1.34. The number of methoxy groups -OCH3 is 2. The molecule has 0 aliphatic heterocycles. The number of hydrogen-bond acceptors (Lipinski definition) is 7. The molecule has 2 amide bonds. The lowest BCUT2D eigenvalue weighted by Crippen LogP contribution is -2.37. The minimum Gasteiger partial charge on any atom is -0.493 e. The number of nitrogens with one attached hydrogen (secondary N) is 2. The number of ether oxygens (including phenoxy) is 2. The Labute approximate surface area is 204 Å². The highest BCUT2D eigenvalue weighted by molar-refractivity contribution is 7.99. The SMILES string of the molecule is COc1ccc(NC(=O)Nc2ccc(Sc3nc4c(c(=O)n(C)c(=O)n4C)n3C)cc2)cc1OC. The van der Waals surface area contributed by atoms with Crippen molar-refractivity contribution in [2.75, 3.05) is 24.9 Å². The number of carbonyl (C=O) groups excluding carboxylic acids is 1. The average molecular weight is 497 g/mol. The molecule has 0 saturated heterocycles. The van der Waals surface area contributed by atoms with Crippen molar-refractivity contribution >= 4 is 40.3 Å². The molecule has 12 heteroatoms. The summed E-state index contributed by atoms with van der Waals surface area (Å²) in [6.07, 6.45) is 0. The van der Waals surface area contributed by atoms with Gasteiger partial charge in [-0.2, -0.15) is 0 Å². The van der Waals surface area contributed by atoms with E-state index in [-0.39, 0.29) is 0 Å². The number of urea groups is 1. The fourth-order valence-corrected chi connectivity index (χ4v) is 4.35. The summed E-state index contributed by atoms with van der Waals surface area (Å²) in [6, 6.07) is 11.8. The van der Waals surface area contributed by atoms with E-state index in [1.165, 1.54) is 30.5 Å². The van der Waals surface area contributed by atoms with Gasteiger partial charge in [0.15, 0.2) is 27.8 Å². The molecule has 182 valence electrons. The van der Waals surface area contributed by atoms with Gasteiger partial charge in [0, 0.05) is 43.5 Å². The minimum absolute atomic E-state index is 0.327. The summed E-state index contributed by atoms with van der Waals surface area (Å²) in [4.78, 5) is 42.5. The Morgan fingerprint density at radius 2 is 1.49 bits per heavy atom. The number of rotatable bonds is 6. The summed E-state index contributed by atoms with van der Waals surface area (Å²) in [5, 5.41) is 6.08. The molecule has 2 aromatic heterocycles. The number of aryl methyl sites for hydroxylation is 2. The number of amides is 2. The van der Waals surface area contributed by atoms with Crippen LogP contribution >= 0.6 is 11.8 Å². The molecule has 0 saturated carbocycles. The van der Waals surface area contributed by atoms with Gasteiger partial charge in [0.2, 0.25) is 0 Å². The maximum Gasteiger partial charge on any atom is 0.332 e. The molecular weight excluding hydrogens is 472 g/mol. The fourth-order valence-electron chi connectivity index (χ4n) is 3.51. The van der Waals surface area contributed by atoms with Crippen LogP contribution in [0.15, 0.2) is 62.1 Å². The van der Waals surface area contributed by atoms with E-state index in [9.17, 15) is 14.4 Å². The fraction of sp³-hybridized carbons (Fsp3) is 0.217. The lowest BCUT2D eigenvalue weighted by molar-refractivity contribution is 0.262. The molecule has 4 rings (SSSR count). The molecule has 0 unspecified atom stereocenters. The first-order chi connectivity index (χ1) is 16.7. The molecule has 0 radical (unpaired) electrons. The third-order valence-corrected chi connectivity index (χ3v) is 6.45. The van der Waals surface area contributed by atoms with Crippen LogP contribution in [0.25, 0.3) is 11.2 Å². The Hall–Kier alpha value is -4.19. The molecule has 0 bridgehead atoms. The van der Waals surface area contributed by atoms with E-state index in [0.29, 0.717) is 39.2 Å². The standard InChI is InChI=1S/C23H24N6O5S/c1-27-18-19(28(2)23(32)29(3)20(18)30)26-22(27)35-15-9-6-13(7-10-15)24-21(31)25-14-8-11-16(33-4)17(12-14)34-5/h6-12H,1-5H3,(H2,24,25,31). The number of fused-ring (bicyclic) bond motifs is 1. The van der Waals surface area contributed by atoms with Crippen molar-refractivity contribution in [1.82, 2.24) is 18.7 Å². The first-order valence-electron chi connectivity index (χ1n) is 10.4. The van der Waals surface area contributed by atoms with Crippen LogP contribution in [0.2, 0.25) is 0 Å². The zero-order valence-electron chi connectivity index (χ0n) is 19.8. The van der Waals surface area contributed by atoms with Gasteiger partial charge in [0.05, 0.1) is 14.2 Å². The highest BCUT2D eigenvalue weighted by atomic mass is 32.2. The van der Waals surface area contributed by atoms with E-state index in [2.05, 4.69) is 15.6 Å². The van der Waals surface area contributed by atoms with Crippen LogP contribution in [-0.2, 0) is 21.1 Å². The molecule has 0 spiro atoms. The number of imidazole rings is 1. The van der Waals surface area contributed by atoms with E-state index in [1.807, 2.05) is 12.1 Å². The zero-order chi connectivity index (χ0) is 25.3. The molecule has 0 atom stereocenters. The van der Waals surface area contributed by atoms with Crippen molar-refractivity contribution in [3.05, 3.63) is 63.3 Å². The van der Waals surface area contributed by atoms with Crippen molar-refractivity contribution in [3.8, 4) is 11.5 Å². The van der Waals surface area contributed by atoms with Gasteiger partial charge in [-0.1, -0.05) is 11.8 Å². The highest BCUT2D eigenvalue weighted by Gasteiger charge is 2.17. The molecule has 2 aromatic carbocycles. The van der Waals surface area contributed by atoms with Crippen LogP contribution in [0.4, 0.5) is 16.2 Å². The third kappa shape index (κ3) is 4.60. The molecule has 0 aliphatic carbocycles. The number of hydrogen-bond donors (Lipinski definition) is 2. The van der Waals surface area contributed by atoms with Gasteiger partial charge >= 0.3 is 11.7 Å². The Bertz CT molecular complexity index is 1540. The molecular formula is C23H24N6O5S. The van der Waals surface area contributed by atoms with E-state index >= 15 is 0 Å². The molecule has 35 heavy (non-hydrogen) atoms. The van der Waals surface area contributed by atoms with Crippen molar-refractivity contribution in [3.63, 3.8) is 0 Å². The summed E-state index contributed by atoms with van der Waals surface area (Å²) in [6.45, 7) is 0. The predicted molar refractivity (Wildman–Crippen MR) is 134 cm³/mol. The van der Waals surface area contributed by atoms with Gasteiger partial charge in [0.25, 0.3) is 5.56 Å². The van der Waals surface area contributed by atoms with Crippen LogP contribution < -0.4 is 31.4 Å². The van der Waals surface area contributed by atoms with E-state index in [0.717, 1.165) is 9.46 Å². The highest BCUT2D eigenvalue weighted by Crippen LogP contribution is 2.31. The lowest BCUT2D eigenvalue weighted by atomic mass is 10.2. The van der Waals surface area contributed by atoms with Crippen LogP contribution in [0.3, 0.4) is 0 Å². The largest absolute Gasteiger partial charge is 0.493 e. The van der Waals surface area contributed by atoms with Gasteiger partial charge in [-0.25, -0.2) is 14.6 Å². The number of nitrogens with zero attached hydrogens (tertiary/aromatic N) is 4. The van der Waals surface area contributed by atoms with Gasteiger partial charge in [0.1, 0.15) is 0 Å². The molecule has 0 aliphatic rings. The number of aromatic nitrogens is 4. The average Bonchev–Trinajstić information content (AvgIpc) is 3.18. The zero-order valence-corrected chi connectivity index (χ0v) is 20.6. The molecule has 0 fully saturated rings. The van der Waals surface area contributed by atoms with Gasteiger partial charge in [-0.15, -0.1) is 0 Å². The van der Waals surface area contributed by atoms with E-state index < -0.39 is 17.3 Å². The normalized spacial score (nSPS) is 10.9. The smallest absolute Gasteiger partial charge is 0.332 e. The number of anilines is 2. The molecule has 2 N–H and O–H groups in total. The summed E-state index contributed by atoms with van der Waals surface area (Å²) in [5.41, 5.74) is 0.989. The Balaban J connectivity index is 1.48. The Morgan fingerprint density at radius 3 is 2.14 bits per heavy atom. The maximum atomic E-state index is 12.6. The lowest BCUT2D eigenvalue weighted by Gasteiger charge is -2.11. The van der Waals surface area contributed by atoms with Crippen LogP contribution in [0, 0.1) is 0 Å². The van der Waals surface area contributed by atoms with Crippen LogP contribution in [0.1, 0.15) is 0 Å². The van der Waals surface area contributed by atoms with Crippen molar-refractivity contribution in [2.45, 2.75) is 10.1 Å². The van der Waals surface area contributed by atoms with E-state index in [4.69, 9.17) is 9.47 Å². The number of benzene rings is 2. The summed E-state index contributed by atoms with van der Waals surface area (Å²) in [5.74, 6) is 1.07. The first kappa shape index (κ1) is 24.0. The van der Waals surface area contributed by atoms with E-state index in [1.54, 1.807) is 56.1 Å². The predicted octanol–water partition coefficient (Wildman–Crippen LogP) is 2.78. The minimum atomic E-state index is -0.432. The molecule has 4 aromatic rings. The van der Waals surface area contributed by atoms with Crippen LogP contribution in [-0.4, -0.2) is 38.9 Å². The second-order valence-electron chi connectivity index (χ2n) is 7.61. The van der Waals surface area contributed by atoms with Crippen molar-refractivity contribution < 1.29 is 14.3 Å². The van der Waals surface area contributed by atoms with Gasteiger partial charge in [-0.3, -0.25) is 13.9 Å². The quantitative estimate of drug-likeness (QED) is 0.421. The molecule has 11 nitrogen and oxygen atoms in total. The Morgan fingerprint density at radius 1 is 0.857 bits per heavy atom. The molecule has 2 heterocycles. The monoisotopic (exact) mass is 496 g/mol. The summed E-state index contributed by atoms with van der Waals surface area (Å²) < 4.78 is 14.5. The van der Waals surface area contributed by atoms with Gasteiger partial charge < -0.3 is 24.7 Å². The first-order valence-corrected chi connectivity index (χ1v) is 11.3. The topological polar surface area (TPSA) is 121 Å². The summed E-state index contributed by atoms with van der Waals surface area (Å²) in [7, 11) is 7.82. The maximum absolute atomic E-state index is 12.6. The van der Waals surface area contributed by atoms with Gasteiger partial charge in [-0.05, 0) is 36.4 Å². The second-order valence-corrected chi connectivity index (χ2v) is 8.65. The van der Waals surface area contributed by atoms with Crippen molar-refractivity contribution in [1.29, 1.82) is 0 Å². The van der Waals surface area contributed by atoms with Crippen LogP contribution in [0.5, 0.6) is 11.5 Å². The second kappa shape index (κ2) is 9.58. The Kier molecular flexibility index (Phi) is 6.56.